The third-order valence-electron chi connectivity index (χ3n) is 4.36. The van der Waals surface area contributed by atoms with E-state index < -0.39 is 6.04 Å². The third-order valence-corrected chi connectivity index (χ3v) is 4.36. The minimum absolute atomic E-state index is 0. The highest BCUT2D eigenvalue weighted by atomic mass is 35.5. The molecule has 0 saturated carbocycles. The number of nitrogens with one attached hydrogen (secondary N) is 2. The molecular formula is C17H24ClN3O2. The van der Waals surface area contributed by atoms with Gasteiger partial charge in [-0.05, 0) is 36.8 Å². The molecule has 2 aromatic rings. The van der Waals surface area contributed by atoms with Gasteiger partial charge in [-0.25, -0.2) is 0 Å². The van der Waals surface area contributed by atoms with E-state index in [0.717, 1.165) is 42.5 Å². The van der Waals surface area contributed by atoms with Gasteiger partial charge in [0.1, 0.15) is 0 Å². The van der Waals surface area contributed by atoms with E-state index in [1.165, 1.54) is 0 Å². The average Bonchev–Trinajstić information content (AvgIpc) is 2.97. The minimum Gasteiger partial charge on any atom is -0.381 e. The number of benzene rings is 1. The van der Waals surface area contributed by atoms with Gasteiger partial charge in [0.15, 0.2) is 0 Å². The number of halogens is 1. The van der Waals surface area contributed by atoms with E-state index in [9.17, 15) is 4.79 Å². The van der Waals surface area contributed by atoms with Crippen molar-refractivity contribution in [2.75, 3.05) is 19.8 Å². The van der Waals surface area contributed by atoms with Crippen LogP contribution in [0.1, 0.15) is 18.4 Å². The number of hydrogen-bond donors (Lipinski definition) is 3. The van der Waals surface area contributed by atoms with E-state index in [1.54, 1.807) is 0 Å². The van der Waals surface area contributed by atoms with Crippen LogP contribution in [0.4, 0.5) is 0 Å². The lowest BCUT2D eigenvalue weighted by molar-refractivity contribution is -0.122. The molecule has 6 heteroatoms. The average molecular weight is 338 g/mol. The first-order chi connectivity index (χ1) is 10.7. The fourth-order valence-electron chi connectivity index (χ4n) is 2.96. The number of carbonyl (C=O) groups excluding carboxylic acids is 1. The zero-order valence-electron chi connectivity index (χ0n) is 13.1. The van der Waals surface area contributed by atoms with Crippen molar-refractivity contribution in [3.8, 4) is 0 Å². The Labute approximate surface area is 142 Å². The highest BCUT2D eigenvalue weighted by molar-refractivity contribution is 5.86. The van der Waals surface area contributed by atoms with Crippen LogP contribution in [0.2, 0.25) is 0 Å². The number of aromatic nitrogens is 1. The Balaban J connectivity index is 0.00000192. The zero-order valence-corrected chi connectivity index (χ0v) is 13.9. The molecule has 1 saturated heterocycles. The molecule has 1 amide bonds. The van der Waals surface area contributed by atoms with Crippen molar-refractivity contribution < 1.29 is 9.53 Å². The molecule has 0 radical (unpaired) electrons. The summed E-state index contributed by atoms with van der Waals surface area (Å²) in [5.41, 5.74) is 8.23. The molecule has 0 unspecified atom stereocenters. The van der Waals surface area contributed by atoms with Gasteiger partial charge in [0.25, 0.3) is 0 Å². The van der Waals surface area contributed by atoms with Gasteiger partial charge >= 0.3 is 0 Å². The predicted molar refractivity (Wildman–Crippen MR) is 93.8 cm³/mol. The molecule has 1 aromatic carbocycles. The summed E-state index contributed by atoms with van der Waals surface area (Å²) in [5.74, 6) is 0.440. The summed E-state index contributed by atoms with van der Waals surface area (Å²) in [6, 6.07) is 7.54. The number of fused-ring (bicyclic) bond motifs is 1. The normalized spacial score (nSPS) is 16.7. The summed E-state index contributed by atoms with van der Waals surface area (Å²) >= 11 is 0. The van der Waals surface area contributed by atoms with Gasteiger partial charge < -0.3 is 20.8 Å². The van der Waals surface area contributed by atoms with E-state index in [-0.39, 0.29) is 18.3 Å². The fraction of sp³-hybridized carbons (Fsp3) is 0.471. The Morgan fingerprint density at radius 3 is 2.87 bits per heavy atom. The topological polar surface area (TPSA) is 80.1 Å². The maximum absolute atomic E-state index is 12.2. The third kappa shape index (κ3) is 4.47. The van der Waals surface area contributed by atoms with Crippen molar-refractivity contribution in [1.82, 2.24) is 10.3 Å². The van der Waals surface area contributed by atoms with Crippen LogP contribution in [0, 0.1) is 5.92 Å². The Hall–Kier alpha value is -1.56. The Bertz CT molecular complexity index is 638. The molecule has 1 aromatic heterocycles. The predicted octanol–water partition coefficient (Wildman–Crippen LogP) is 2.00. The molecule has 3 rings (SSSR count). The van der Waals surface area contributed by atoms with Gasteiger partial charge in [-0.1, -0.05) is 18.2 Å². The van der Waals surface area contributed by atoms with Crippen LogP contribution in [0.15, 0.2) is 30.5 Å². The lowest BCUT2D eigenvalue weighted by Crippen LogP contribution is -2.44. The van der Waals surface area contributed by atoms with Gasteiger partial charge in [-0.3, -0.25) is 4.79 Å². The lowest BCUT2D eigenvalue weighted by Gasteiger charge is -2.23. The van der Waals surface area contributed by atoms with E-state index in [0.29, 0.717) is 18.9 Å². The van der Waals surface area contributed by atoms with Crippen molar-refractivity contribution >= 4 is 29.2 Å². The smallest absolute Gasteiger partial charge is 0.237 e. The van der Waals surface area contributed by atoms with Gasteiger partial charge in [-0.15, -0.1) is 12.4 Å². The van der Waals surface area contributed by atoms with E-state index in [1.807, 2.05) is 30.5 Å². The summed E-state index contributed by atoms with van der Waals surface area (Å²) in [6.07, 6.45) is 4.51. The van der Waals surface area contributed by atoms with Gasteiger partial charge in [0.2, 0.25) is 5.91 Å². The molecule has 4 N–H and O–H groups in total. The van der Waals surface area contributed by atoms with Gasteiger partial charge in [0.05, 0.1) is 6.04 Å². The van der Waals surface area contributed by atoms with Crippen LogP contribution in [0.5, 0.6) is 0 Å². The first-order valence-corrected chi connectivity index (χ1v) is 7.90. The highest BCUT2D eigenvalue weighted by Crippen LogP contribution is 2.19. The van der Waals surface area contributed by atoms with Crippen LogP contribution in [0.3, 0.4) is 0 Å². The number of hydrogen-bond acceptors (Lipinski definition) is 3. The van der Waals surface area contributed by atoms with Gasteiger partial charge in [-0.2, -0.15) is 0 Å². The molecule has 1 fully saturated rings. The number of amides is 1. The van der Waals surface area contributed by atoms with E-state index in [4.69, 9.17) is 10.5 Å². The second kappa shape index (κ2) is 8.34. The van der Waals surface area contributed by atoms with Crippen LogP contribution < -0.4 is 11.1 Å². The molecule has 1 aliphatic heterocycles. The maximum atomic E-state index is 12.2. The molecule has 5 nitrogen and oxygen atoms in total. The summed E-state index contributed by atoms with van der Waals surface area (Å²) in [5, 5.41) is 4.12. The number of aromatic amines is 1. The maximum Gasteiger partial charge on any atom is 0.237 e. The largest absolute Gasteiger partial charge is 0.381 e. The Morgan fingerprint density at radius 2 is 2.09 bits per heavy atom. The van der Waals surface area contributed by atoms with Gasteiger partial charge in [0, 0.05) is 36.9 Å². The zero-order chi connectivity index (χ0) is 15.4. The Morgan fingerprint density at radius 1 is 1.35 bits per heavy atom. The summed E-state index contributed by atoms with van der Waals surface area (Å²) < 4.78 is 5.32. The number of carbonyl (C=O) groups is 1. The Kier molecular flexibility index (Phi) is 6.45. The molecule has 0 bridgehead atoms. The van der Waals surface area contributed by atoms with Crippen molar-refractivity contribution in [2.24, 2.45) is 11.7 Å². The molecule has 23 heavy (non-hydrogen) atoms. The first kappa shape index (κ1) is 17.8. The number of nitrogens with two attached hydrogens (primary N) is 1. The number of rotatable bonds is 5. The van der Waals surface area contributed by atoms with Crippen molar-refractivity contribution in [1.29, 1.82) is 0 Å². The summed E-state index contributed by atoms with van der Waals surface area (Å²) in [7, 11) is 0. The molecule has 1 atom stereocenters. The second-order valence-corrected chi connectivity index (χ2v) is 5.97. The van der Waals surface area contributed by atoms with Crippen LogP contribution >= 0.6 is 12.4 Å². The fourth-order valence-corrected chi connectivity index (χ4v) is 2.96. The van der Waals surface area contributed by atoms with Crippen molar-refractivity contribution in [3.05, 3.63) is 36.0 Å². The molecule has 126 valence electrons. The van der Waals surface area contributed by atoms with Crippen LogP contribution in [-0.4, -0.2) is 36.7 Å². The first-order valence-electron chi connectivity index (χ1n) is 7.90. The standard InChI is InChI=1S/C17H23N3O2.ClH/c18-15(17(21)20-10-12-5-7-22-8-6-12)9-13-11-19-16-4-2-1-3-14(13)16;/h1-4,11-12,15,19H,5-10,18H2,(H,20,21);1H/t15-;/m0./s1. The van der Waals surface area contributed by atoms with Crippen molar-refractivity contribution in [3.63, 3.8) is 0 Å². The highest BCUT2D eigenvalue weighted by Gasteiger charge is 2.19. The second-order valence-electron chi connectivity index (χ2n) is 5.97. The molecule has 0 aliphatic carbocycles. The molecule has 0 spiro atoms. The minimum atomic E-state index is -0.515. The quantitative estimate of drug-likeness (QED) is 0.780. The summed E-state index contributed by atoms with van der Waals surface area (Å²) in [6.45, 7) is 2.29. The number of ether oxygens (including phenoxy) is 1. The van der Waals surface area contributed by atoms with E-state index >= 15 is 0 Å². The molecular weight excluding hydrogens is 314 g/mol. The number of H-pyrrole nitrogens is 1. The summed E-state index contributed by atoms with van der Waals surface area (Å²) in [4.78, 5) is 15.4. The number of para-hydroxylation sites is 1. The molecule has 1 aliphatic rings. The monoisotopic (exact) mass is 337 g/mol. The molecule has 2 heterocycles. The van der Waals surface area contributed by atoms with Crippen LogP contribution in [0.25, 0.3) is 10.9 Å². The van der Waals surface area contributed by atoms with Crippen LogP contribution in [-0.2, 0) is 16.0 Å². The SMILES string of the molecule is Cl.N[C@@H](Cc1c[nH]c2ccccc12)C(=O)NCC1CCOCC1. The van der Waals surface area contributed by atoms with Crippen molar-refractivity contribution in [2.45, 2.75) is 25.3 Å². The van der Waals surface area contributed by atoms with E-state index in [2.05, 4.69) is 10.3 Å². The lowest BCUT2D eigenvalue weighted by atomic mass is 10.00.